The van der Waals surface area contributed by atoms with Crippen LogP contribution in [-0.2, 0) is 14.9 Å². The van der Waals surface area contributed by atoms with Gasteiger partial charge in [-0.05, 0) is 38.8 Å². The van der Waals surface area contributed by atoms with Crippen LogP contribution in [0.3, 0.4) is 0 Å². The van der Waals surface area contributed by atoms with Gasteiger partial charge in [0, 0.05) is 5.41 Å². The fraction of sp³-hybridized carbons (Fsp3) is 0.565. The summed E-state index contributed by atoms with van der Waals surface area (Å²) in [5.74, 6) is 0.651. The van der Waals surface area contributed by atoms with E-state index in [1.807, 2.05) is 53.7 Å². The third-order valence-electron chi connectivity index (χ3n) is 4.24. The Morgan fingerprint density at radius 3 is 2.04 bits per heavy atom. The van der Waals surface area contributed by atoms with Crippen molar-refractivity contribution in [2.24, 2.45) is 5.41 Å². The van der Waals surface area contributed by atoms with Gasteiger partial charge in [-0.2, -0.15) is 0 Å². The number of allylic oxidation sites excluding steroid dienone is 2. The summed E-state index contributed by atoms with van der Waals surface area (Å²) in [5.41, 5.74) is -0.856. The summed E-state index contributed by atoms with van der Waals surface area (Å²) in [5, 5.41) is 1.72. The molecule has 0 fully saturated rings. The van der Waals surface area contributed by atoms with Crippen LogP contribution in [0, 0.1) is 5.41 Å². The fourth-order valence-electron chi connectivity index (χ4n) is 2.87. The number of nitrogens with one attached hydrogen (secondary N) is 1. The quantitative estimate of drug-likeness (QED) is 0.705. The Morgan fingerprint density at radius 2 is 1.63 bits per heavy atom. The van der Waals surface area contributed by atoms with Crippen molar-refractivity contribution in [3.8, 4) is 0 Å². The highest BCUT2D eigenvalue weighted by atomic mass is 16.5. The third-order valence-corrected chi connectivity index (χ3v) is 4.24. The average Bonchev–Trinajstić information content (AvgIpc) is 3.08. The Bertz CT molecular complexity index is 661. The second-order valence-electron chi connectivity index (χ2n) is 6.66. The van der Waals surface area contributed by atoms with Crippen molar-refractivity contribution >= 4 is 18.1 Å². The molecule has 1 rings (SSSR count). The number of hydrogen-bond donors (Lipinski definition) is 1. The lowest BCUT2D eigenvalue weighted by atomic mass is 9.72. The van der Waals surface area contributed by atoms with E-state index in [1.165, 1.54) is 7.11 Å². The van der Waals surface area contributed by atoms with Gasteiger partial charge in [0.05, 0.1) is 23.2 Å². The maximum atomic E-state index is 12.0. The molecule has 0 saturated heterocycles. The highest BCUT2D eigenvalue weighted by Crippen LogP contribution is 2.38. The van der Waals surface area contributed by atoms with E-state index < -0.39 is 5.41 Å². The molecule has 1 atom stereocenters. The largest absolute Gasteiger partial charge is 0.469 e. The maximum Gasteiger partial charge on any atom is 0.311 e. The second-order valence-corrected chi connectivity index (χ2v) is 6.66. The van der Waals surface area contributed by atoms with Crippen LogP contribution < -0.4 is 10.7 Å². The minimum atomic E-state index is -0.586. The summed E-state index contributed by atoms with van der Waals surface area (Å²) in [6.07, 6.45) is 8.66. The number of carbonyl (C=O) groups is 1. The highest BCUT2D eigenvalue weighted by Gasteiger charge is 2.39. The van der Waals surface area contributed by atoms with Crippen LogP contribution in [0.15, 0.2) is 25.3 Å². The zero-order valence-electron chi connectivity index (χ0n) is 18.9. The predicted octanol–water partition coefficient (Wildman–Crippen LogP) is 4.65. The molecule has 1 aromatic heterocycles. The number of aromatic amines is 1. The molecule has 4 heteroatoms. The van der Waals surface area contributed by atoms with E-state index in [9.17, 15) is 4.79 Å². The van der Waals surface area contributed by atoms with Crippen LogP contribution in [0.2, 0.25) is 0 Å². The number of methoxy groups -OCH3 is 1. The number of rotatable bonds is 7. The minimum absolute atomic E-state index is 0.209. The number of esters is 1. The average molecular weight is 377 g/mol. The molecule has 0 radical (unpaired) electrons. The van der Waals surface area contributed by atoms with Crippen molar-refractivity contribution < 1.29 is 9.53 Å². The molecule has 0 aliphatic heterocycles. The lowest BCUT2D eigenvalue weighted by Crippen LogP contribution is -2.36. The van der Waals surface area contributed by atoms with E-state index >= 15 is 0 Å². The smallest absolute Gasteiger partial charge is 0.311 e. The number of nitrogens with zero attached hydrogens (tertiary/aromatic N) is 1. The van der Waals surface area contributed by atoms with Gasteiger partial charge >= 0.3 is 5.97 Å². The first kappa shape index (κ1) is 27.1. The number of imidazole rings is 1. The SMILES string of the molecule is C=C/C=c1/nc(C(C)(CC)CC(C)(C)C(=O)OC)[nH]/c1=C/C=C.CC.CC. The van der Waals surface area contributed by atoms with E-state index in [1.54, 1.807) is 12.2 Å². The summed E-state index contributed by atoms with van der Waals surface area (Å²) < 4.78 is 4.94. The first-order valence-electron chi connectivity index (χ1n) is 9.84. The summed E-state index contributed by atoms with van der Waals surface area (Å²) >= 11 is 0. The molecule has 4 nitrogen and oxygen atoms in total. The van der Waals surface area contributed by atoms with Gasteiger partial charge < -0.3 is 9.72 Å². The molecule has 1 N–H and O–H groups in total. The van der Waals surface area contributed by atoms with Crippen molar-refractivity contribution in [2.75, 3.05) is 7.11 Å². The van der Waals surface area contributed by atoms with Crippen LogP contribution in [0.25, 0.3) is 12.2 Å². The van der Waals surface area contributed by atoms with Crippen LogP contribution in [0.4, 0.5) is 0 Å². The summed E-state index contributed by atoms with van der Waals surface area (Å²) in [6, 6.07) is 0. The molecule has 0 spiro atoms. The van der Waals surface area contributed by atoms with Gasteiger partial charge in [0.15, 0.2) is 0 Å². The molecular weight excluding hydrogens is 336 g/mol. The Morgan fingerprint density at radius 1 is 1.11 bits per heavy atom. The van der Waals surface area contributed by atoms with Crippen molar-refractivity contribution in [1.29, 1.82) is 0 Å². The number of aromatic nitrogens is 2. The minimum Gasteiger partial charge on any atom is -0.469 e. The van der Waals surface area contributed by atoms with E-state index in [0.717, 1.165) is 22.9 Å². The van der Waals surface area contributed by atoms with Crippen LogP contribution >= 0.6 is 0 Å². The van der Waals surface area contributed by atoms with Crippen molar-refractivity contribution in [1.82, 2.24) is 9.97 Å². The lowest BCUT2D eigenvalue weighted by molar-refractivity contribution is -0.152. The summed E-state index contributed by atoms with van der Waals surface area (Å²) in [6.45, 7) is 23.5. The van der Waals surface area contributed by atoms with E-state index in [0.29, 0.717) is 6.42 Å². The molecular formula is C23H40N2O2. The van der Waals surface area contributed by atoms with Crippen LogP contribution in [0.1, 0.15) is 74.1 Å². The molecule has 0 amide bonds. The predicted molar refractivity (Wildman–Crippen MR) is 118 cm³/mol. The van der Waals surface area contributed by atoms with Crippen molar-refractivity contribution in [2.45, 2.75) is 73.6 Å². The Hall–Kier alpha value is -2.10. The van der Waals surface area contributed by atoms with Gasteiger partial charge in [-0.15, -0.1) is 0 Å². The molecule has 1 heterocycles. The molecule has 0 aliphatic carbocycles. The highest BCUT2D eigenvalue weighted by molar-refractivity contribution is 5.75. The lowest BCUT2D eigenvalue weighted by Gasteiger charge is -2.33. The monoisotopic (exact) mass is 376 g/mol. The van der Waals surface area contributed by atoms with Gasteiger partial charge in [0.25, 0.3) is 0 Å². The zero-order chi connectivity index (χ0) is 21.7. The number of hydrogen-bond acceptors (Lipinski definition) is 3. The molecule has 1 unspecified atom stereocenters. The standard InChI is InChI=1S/C19H28N2O2.2C2H6/c1-8-11-14-15(12-9-2)21-16(20-14)19(6,10-3)13-18(4,5)17(22)23-7;2*1-2/h8-9,11-12H,1-2,10,13H2,3-7H3,(H,20,21);2*1-2H3/b14-11+,15-12+;;. The Labute approximate surface area is 166 Å². The number of carbonyl (C=O) groups excluding carboxylic acids is 1. The van der Waals surface area contributed by atoms with Gasteiger partial charge in [0.2, 0.25) is 0 Å². The first-order chi connectivity index (χ1) is 12.7. The first-order valence-corrected chi connectivity index (χ1v) is 9.84. The van der Waals surface area contributed by atoms with Gasteiger partial charge in [-0.3, -0.25) is 4.79 Å². The molecule has 0 saturated carbocycles. The van der Waals surface area contributed by atoms with E-state index in [2.05, 4.69) is 32.0 Å². The second kappa shape index (κ2) is 13.1. The molecule has 0 aliphatic rings. The third kappa shape index (κ3) is 7.58. The van der Waals surface area contributed by atoms with Gasteiger partial charge in [0.1, 0.15) is 5.82 Å². The van der Waals surface area contributed by atoms with Crippen LogP contribution in [0.5, 0.6) is 0 Å². The van der Waals surface area contributed by atoms with Gasteiger partial charge in [-0.1, -0.05) is 66.9 Å². The van der Waals surface area contributed by atoms with Crippen molar-refractivity contribution in [3.05, 3.63) is 41.8 Å². The Kier molecular flexibility index (Phi) is 13.2. The van der Waals surface area contributed by atoms with Gasteiger partial charge in [-0.25, -0.2) is 4.98 Å². The van der Waals surface area contributed by atoms with E-state index in [-0.39, 0.29) is 11.4 Å². The summed E-state index contributed by atoms with van der Waals surface area (Å²) in [4.78, 5) is 20.1. The topological polar surface area (TPSA) is 55.0 Å². The molecule has 0 bridgehead atoms. The van der Waals surface area contributed by atoms with Crippen molar-refractivity contribution in [3.63, 3.8) is 0 Å². The van der Waals surface area contributed by atoms with E-state index in [4.69, 9.17) is 9.72 Å². The van der Waals surface area contributed by atoms with Crippen LogP contribution in [-0.4, -0.2) is 23.0 Å². The molecule has 154 valence electrons. The summed E-state index contributed by atoms with van der Waals surface area (Å²) in [7, 11) is 1.43. The maximum absolute atomic E-state index is 12.0. The number of ether oxygens (including phenoxy) is 1. The molecule has 27 heavy (non-hydrogen) atoms. The number of H-pyrrole nitrogens is 1. The Balaban J connectivity index is 0. The zero-order valence-corrected chi connectivity index (χ0v) is 18.9. The fourth-order valence-corrected chi connectivity index (χ4v) is 2.87. The molecule has 1 aromatic rings. The molecule has 0 aromatic carbocycles. The normalized spacial score (nSPS) is 14.1.